The first kappa shape index (κ1) is 28.4. The summed E-state index contributed by atoms with van der Waals surface area (Å²) in [4.78, 5) is 28.0. The number of rotatable bonds is 11. The second-order valence-corrected chi connectivity index (χ2v) is 12.0. The Morgan fingerprint density at radius 2 is 1.65 bits per heavy atom. The number of anilines is 1. The second kappa shape index (κ2) is 12.7. The average molecular weight is 620 g/mol. The van der Waals surface area contributed by atoms with Crippen LogP contribution in [-0.2, 0) is 26.2 Å². The molecule has 0 aliphatic rings. The largest absolute Gasteiger partial charge is 0.354 e. The Labute approximate surface area is 221 Å². The molecule has 10 heteroatoms. The van der Waals surface area contributed by atoms with Crippen LogP contribution in [0, 0.1) is 9.49 Å². The second-order valence-electron chi connectivity index (χ2n) is 8.46. The number of hydrogen-bond donors (Lipinski definition) is 1. The third-order valence-corrected chi connectivity index (χ3v) is 7.24. The number of carbonyl (C=O) groups is 2. The standard InChI is InChI=1S/C24H31ClIN3O4S/c1-5-22(24(31)27-14-17(2)3)28(15-18-6-8-19(25)9-7-18)23(30)16-29(34(4,32)33)21-12-10-20(26)11-13-21/h6-13,17,22H,5,14-16H2,1-4H3,(H,27,31). The molecule has 1 unspecified atom stereocenters. The molecule has 7 nitrogen and oxygen atoms in total. The third kappa shape index (κ3) is 8.42. The van der Waals surface area contributed by atoms with E-state index in [0.29, 0.717) is 23.7 Å². The quantitative estimate of drug-likeness (QED) is 0.381. The van der Waals surface area contributed by atoms with Crippen LogP contribution in [0.3, 0.4) is 0 Å². The lowest BCUT2D eigenvalue weighted by molar-refractivity contribution is -0.140. The first-order chi connectivity index (χ1) is 15.9. The first-order valence-corrected chi connectivity index (χ1v) is 14.3. The van der Waals surface area contributed by atoms with Crippen LogP contribution >= 0.6 is 34.2 Å². The van der Waals surface area contributed by atoms with Gasteiger partial charge in [0.25, 0.3) is 0 Å². The van der Waals surface area contributed by atoms with Gasteiger partial charge in [0.1, 0.15) is 12.6 Å². The van der Waals surface area contributed by atoms with E-state index in [1.54, 1.807) is 48.5 Å². The number of sulfonamides is 1. The minimum absolute atomic E-state index is 0.147. The van der Waals surface area contributed by atoms with Crippen LogP contribution in [0.2, 0.25) is 5.02 Å². The van der Waals surface area contributed by atoms with Crippen molar-refractivity contribution in [3.8, 4) is 0 Å². The number of carbonyl (C=O) groups excluding carboxylic acids is 2. The lowest BCUT2D eigenvalue weighted by Gasteiger charge is -2.33. The van der Waals surface area contributed by atoms with Crippen LogP contribution in [0.25, 0.3) is 0 Å². The van der Waals surface area contributed by atoms with E-state index in [-0.39, 0.29) is 18.4 Å². The molecule has 0 aliphatic heterocycles. The van der Waals surface area contributed by atoms with Crippen molar-refractivity contribution in [2.24, 2.45) is 5.92 Å². The van der Waals surface area contributed by atoms with E-state index in [1.807, 2.05) is 20.8 Å². The van der Waals surface area contributed by atoms with Gasteiger partial charge in [0.2, 0.25) is 21.8 Å². The van der Waals surface area contributed by atoms with Crippen LogP contribution < -0.4 is 9.62 Å². The Hall–Kier alpha value is -1.85. The minimum Gasteiger partial charge on any atom is -0.354 e. The summed E-state index contributed by atoms with van der Waals surface area (Å²) in [6, 6.07) is 13.1. The Morgan fingerprint density at radius 1 is 1.06 bits per heavy atom. The van der Waals surface area contributed by atoms with E-state index in [9.17, 15) is 18.0 Å². The molecule has 0 aliphatic carbocycles. The molecule has 0 radical (unpaired) electrons. The fourth-order valence-electron chi connectivity index (χ4n) is 3.35. The lowest BCUT2D eigenvalue weighted by Crippen LogP contribution is -2.52. The van der Waals surface area contributed by atoms with E-state index >= 15 is 0 Å². The number of nitrogens with one attached hydrogen (secondary N) is 1. The van der Waals surface area contributed by atoms with Gasteiger partial charge in [-0.2, -0.15) is 0 Å². The molecule has 34 heavy (non-hydrogen) atoms. The van der Waals surface area contributed by atoms with E-state index in [0.717, 1.165) is 19.7 Å². The number of amides is 2. The summed E-state index contributed by atoms with van der Waals surface area (Å²) >= 11 is 8.13. The average Bonchev–Trinajstić information content (AvgIpc) is 2.77. The highest BCUT2D eigenvalue weighted by Gasteiger charge is 2.31. The summed E-state index contributed by atoms with van der Waals surface area (Å²) in [5.41, 5.74) is 1.17. The fourth-order valence-corrected chi connectivity index (χ4v) is 4.68. The lowest BCUT2D eigenvalue weighted by atomic mass is 10.1. The van der Waals surface area contributed by atoms with Crippen molar-refractivity contribution in [2.75, 3.05) is 23.7 Å². The molecule has 0 spiro atoms. The Balaban J connectivity index is 2.39. The summed E-state index contributed by atoms with van der Waals surface area (Å²) in [6.45, 7) is 6.02. The van der Waals surface area contributed by atoms with E-state index in [2.05, 4.69) is 27.9 Å². The molecular weight excluding hydrogens is 589 g/mol. The third-order valence-electron chi connectivity index (χ3n) is 5.13. The molecule has 0 aromatic heterocycles. The zero-order chi connectivity index (χ0) is 25.5. The maximum atomic E-state index is 13.6. The monoisotopic (exact) mass is 619 g/mol. The van der Waals surface area contributed by atoms with Crippen LogP contribution in [0.5, 0.6) is 0 Å². The highest BCUT2D eigenvalue weighted by molar-refractivity contribution is 14.1. The van der Waals surface area contributed by atoms with Gasteiger partial charge in [-0.05, 0) is 76.9 Å². The molecule has 1 atom stereocenters. The predicted octanol–water partition coefficient (Wildman–Crippen LogP) is 4.29. The summed E-state index contributed by atoms with van der Waals surface area (Å²) in [5.74, 6) is -0.479. The SMILES string of the molecule is CCC(C(=O)NCC(C)C)N(Cc1ccc(Cl)cc1)C(=O)CN(c1ccc(I)cc1)S(C)(=O)=O. The topological polar surface area (TPSA) is 86.8 Å². The van der Waals surface area contributed by atoms with Crippen LogP contribution in [0.1, 0.15) is 32.8 Å². The van der Waals surface area contributed by atoms with E-state index in [1.165, 1.54) is 4.90 Å². The molecule has 2 aromatic rings. The minimum atomic E-state index is -3.75. The van der Waals surface area contributed by atoms with Gasteiger partial charge in [-0.15, -0.1) is 0 Å². The zero-order valence-corrected chi connectivity index (χ0v) is 23.5. The molecule has 0 saturated carbocycles. The van der Waals surface area contributed by atoms with Crippen molar-refractivity contribution in [1.29, 1.82) is 0 Å². The number of benzene rings is 2. The van der Waals surface area contributed by atoms with E-state index < -0.39 is 28.5 Å². The van der Waals surface area contributed by atoms with Gasteiger partial charge in [0, 0.05) is 21.7 Å². The molecule has 2 rings (SSSR count). The van der Waals surface area contributed by atoms with Crippen molar-refractivity contribution in [2.45, 2.75) is 39.8 Å². The molecule has 186 valence electrons. The van der Waals surface area contributed by atoms with Crippen molar-refractivity contribution in [3.05, 3.63) is 62.7 Å². The van der Waals surface area contributed by atoms with Gasteiger partial charge in [-0.3, -0.25) is 13.9 Å². The van der Waals surface area contributed by atoms with Crippen molar-refractivity contribution in [3.63, 3.8) is 0 Å². The molecule has 1 N–H and O–H groups in total. The Bertz CT molecular complexity index is 1080. The fraction of sp³-hybridized carbons (Fsp3) is 0.417. The van der Waals surface area contributed by atoms with Gasteiger partial charge in [-0.25, -0.2) is 8.42 Å². The van der Waals surface area contributed by atoms with Gasteiger partial charge >= 0.3 is 0 Å². The zero-order valence-electron chi connectivity index (χ0n) is 19.8. The van der Waals surface area contributed by atoms with Gasteiger partial charge in [-0.1, -0.05) is 44.5 Å². The highest BCUT2D eigenvalue weighted by Crippen LogP contribution is 2.21. The van der Waals surface area contributed by atoms with Crippen LogP contribution in [0.4, 0.5) is 5.69 Å². The first-order valence-electron chi connectivity index (χ1n) is 11.0. The molecule has 0 bridgehead atoms. The van der Waals surface area contributed by atoms with Gasteiger partial charge in [0.15, 0.2) is 0 Å². The molecule has 2 aromatic carbocycles. The summed E-state index contributed by atoms with van der Waals surface area (Å²) in [5, 5.41) is 3.46. The molecular formula is C24H31ClIN3O4S. The summed E-state index contributed by atoms with van der Waals surface area (Å²) in [6.07, 6.45) is 1.44. The number of nitrogens with zero attached hydrogens (tertiary/aromatic N) is 2. The van der Waals surface area contributed by atoms with Gasteiger partial charge in [0.05, 0.1) is 11.9 Å². The van der Waals surface area contributed by atoms with Gasteiger partial charge < -0.3 is 10.2 Å². The molecule has 2 amide bonds. The van der Waals surface area contributed by atoms with Crippen LogP contribution in [-0.4, -0.2) is 50.5 Å². The smallest absolute Gasteiger partial charge is 0.244 e. The Kier molecular flexibility index (Phi) is 10.6. The van der Waals surface area contributed by atoms with Crippen LogP contribution in [0.15, 0.2) is 48.5 Å². The van der Waals surface area contributed by atoms with Crippen molar-refractivity contribution < 1.29 is 18.0 Å². The number of halogens is 2. The molecule has 0 fully saturated rings. The Morgan fingerprint density at radius 3 is 2.15 bits per heavy atom. The number of hydrogen-bond acceptors (Lipinski definition) is 4. The highest BCUT2D eigenvalue weighted by atomic mass is 127. The van der Waals surface area contributed by atoms with Crippen molar-refractivity contribution in [1.82, 2.24) is 10.2 Å². The maximum Gasteiger partial charge on any atom is 0.244 e. The summed E-state index contributed by atoms with van der Waals surface area (Å²) < 4.78 is 27.2. The summed E-state index contributed by atoms with van der Waals surface area (Å²) in [7, 11) is -3.75. The van der Waals surface area contributed by atoms with E-state index in [4.69, 9.17) is 11.6 Å². The predicted molar refractivity (Wildman–Crippen MR) is 145 cm³/mol. The normalized spacial score (nSPS) is 12.3. The maximum absolute atomic E-state index is 13.6. The molecule has 0 heterocycles. The molecule has 0 saturated heterocycles. The van der Waals surface area contributed by atoms with Crippen molar-refractivity contribution >= 4 is 61.7 Å².